The molecule has 98 valence electrons. The third-order valence-electron chi connectivity index (χ3n) is 4.25. The predicted octanol–water partition coefficient (Wildman–Crippen LogP) is 5.89. The Morgan fingerprint density at radius 2 is 0.905 bits per heavy atom. The first-order valence-corrected chi connectivity index (χ1v) is 7.13. The molecule has 1 heterocycles. The van der Waals surface area contributed by atoms with Gasteiger partial charge in [0, 0.05) is 21.5 Å². The lowest BCUT2D eigenvalue weighted by Gasteiger charge is -1.97. The summed E-state index contributed by atoms with van der Waals surface area (Å²) in [6.07, 6.45) is 0. The van der Waals surface area contributed by atoms with Gasteiger partial charge in [-0.2, -0.15) is 0 Å². The van der Waals surface area contributed by atoms with Crippen LogP contribution in [0.15, 0.2) is 77.2 Å². The summed E-state index contributed by atoms with van der Waals surface area (Å²) in [4.78, 5) is 0. The largest absolute Gasteiger partial charge is 0.455 e. The van der Waals surface area contributed by atoms with Crippen molar-refractivity contribution in [3.8, 4) is 0 Å². The number of hydrogen-bond donors (Lipinski definition) is 0. The summed E-state index contributed by atoms with van der Waals surface area (Å²) >= 11 is 0. The van der Waals surface area contributed by atoms with Gasteiger partial charge in [0.25, 0.3) is 0 Å². The van der Waals surface area contributed by atoms with E-state index in [1.54, 1.807) is 0 Å². The van der Waals surface area contributed by atoms with Gasteiger partial charge in [-0.05, 0) is 22.9 Å². The first-order valence-electron chi connectivity index (χ1n) is 7.13. The van der Waals surface area contributed by atoms with Gasteiger partial charge in [0.15, 0.2) is 0 Å². The van der Waals surface area contributed by atoms with E-state index in [-0.39, 0.29) is 0 Å². The van der Waals surface area contributed by atoms with Crippen LogP contribution in [0.1, 0.15) is 0 Å². The van der Waals surface area contributed by atoms with Gasteiger partial charge < -0.3 is 4.42 Å². The van der Waals surface area contributed by atoms with Crippen molar-refractivity contribution in [3.05, 3.63) is 72.8 Å². The van der Waals surface area contributed by atoms with Crippen LogP contribution in [0, 0.1) is 0 Å². The molecule has 0 saturated carbocycles. The number of hydrogen-bond acceptors (Lipinski definition) is 1. The Morgan fingerprint density at radius 3 is 1.43 bits per heavy atom. The molecule has 1 heteroatoms. The lowest BCUT2D eigenvalue weighted by atomic mass is 10.0. The Bertz CT molecular complexity index is 1040. The highest BCUT2D eigenvalue weighted by atomic mass is 16.3. The summed E-state index contributed by atoms with van der Waals surface area (Å²) in [7, 11) is 0. The van der Waals surface area contributed by atoms with E-state index in [0.29, 0.717) is 0 Å². The van der Waals surface area contributed by atoms with Crippen molar-refractivity contribution in [2.75, 3.05) is 0 Å². The van der Waals surface area contributed by atoms with Crippen LogP contribution in [0.25, 0.3) is 43.5 Å². The smallest absolute Gasteiger partial charge is 0.143 e. The van der Waals surface area contributed by atoms with Crippen LogP contribution < -0.4 is 0 Å². The molecule has 4 aromatic carbocycles. The van der Waals surface area contributed by atoms with E-state index in [2.05, 4.69) is 72.8 Å². The molecule has 0 amide bonds. The predicted molar refractivity (Wildman–Crippen MR) is 88.7 cm³/mol. The van der Waals surface area contributed by atoms with Crippen molar-refractivity contribution >= 4 is 43.5 Å². The maximum Gasteiger partial charge on any atom is 0.143 e. The maximum absolute atomic E-state index is 6.28. The molecule has 0 atom stereocenters. The summed E-state index contributed by atoms with van der Waals surface area (Å²) in [5, 5.41) is 7.16. The van der Waals surface area contributed by atoms with E-state index in [1.807, 2.05) is 0 Å². The second-order valence-corrected chi connectivity index (χ2v) is 5.43. The van der Waals surface area contributed by atoms with Gasteiger partial charge in [-0.25, -0.2) is 0 Å². The van der Waals surface area contributed by atoms with Gasteiger partial charge in [0.2, 0.25) is 0 Å². The van der Waals surface area contributed by atoms with Gasteiger partial charge in [0.1, 0.15) is 11.2 Å². The van der Waals surface area contributed by atoms with Gasteiger partial charge in [-0.15, -0.1) is 0 Å². The summed E-state index contributed by atoms with van der Waals surface area (Å²) in [6, 6.07) is 25.4. The second kappa shape index (κ2) is 3.86. The molecule has 0 aliphatic heterocycles. The lowest BCUT2D eigenvalue weighted by Crippen LogP contribution is -1.73. The molecule has 1 aromatic heterocycles. The molecule has 21 heavy (non-hydrogen) atoms. The molecule has 0 radical (unpaired) electrons. The Balaban J connectivity index is 2.09. The molecule has 0 unspecified atom stereocenters. The highest BCUT2D eigenvalue weighted by molar-refractivity contribution is 6.20. The van der Waals surface area contributed by atoms with Crippen molar-refractivity contribution in [1.29, 1.82) is 0 Å². The van der Waals surface area contributed by atoms with Crippen molar-refractivity contribution in [1.82, 2.24) is 0 Å². The molecule has 0 aliphatic carbocycles. The third kappa shape index (κ3) is 1.40. The fourth-order valence-corrected chi connectivity index (χ4v) is 3.23. The summed E-state index contributed by atoms with van der Waals surface area (Å²) < 4.78 is 6.28. The highest BCUT2D eigenvalue weighted by Crippen LogP contribution is 2.37. The highest BCUT2D eigenvalue weighted by Gasteiger charge is 2.11. The number of fused-ring (bicyclic) bond motifs is 7. The van der Waals surface area contributed by atoms with Crippen molar-refractivity contribution in [2.24, 2.45) is 0 Å². The lowest BCUT2D eigenvalue weighted by molar-refractivity contribution is 0.676. The molecule has 1 nitrogen and oxygen atoms in total. The van der Waals surface area contributed by atoms with E-state index in [1.165, 1.54) is 32.3 Å². The molecular weight excluding hydrogens is 256 g/mol. The van der Waals surface area contributed by atoms with E-state index in [9.17, 15) is 0 Å². The molecule has 0 N–H and O–H groups in total. The van der Waals surface area contributed by atoms with Crippen molar-refractivity contribution in [3.63, 3.8) is 0 Å². The maximum atomic E-state index is 6.28. The quantitative estimate of drug-likeness (QED) is 0.341. The first-order chi connectivity index (χ1) is 10.4. The Kier molecular flexibility index (Phi) is 2.01. The van der Waals surface area contributed by atoms with Crippen molar-refractivity contribution < 1.29 is 4.42 Å². The zero-order valence-corrected chi connectivity index (χ0v) is 11.3. The van der Waals surface area contributed by atoms with Gasteiger partial charge in [-0.3, -0.25) is 0 Å². The second-order valence-electron chi connectivity index (χ2n) is 5.43. The zero-order chi connectivity index (χ0) is 13.8. The molecular formula is C20H12O. The van der Waals surface area contributed by atoms with E-state index < -0.39 is 0 Å². The van der Waals surface area contributed by atoms with Crippen LogP contribution in [0.4, 0.5) is 0 Å². The molecule has 0 aliphatic rings. The van der Waals surface area contributed by atoms with Gasteiger partial charge >= 0.3 is 0 Å². The van der Waals surface area contributed by atoms with Gasteiger partial charge in [0.05, 0.1) is 0 Å². The fourth-order valence-electron chi connectivity index (χ4n) is 3.23. The Labute approximate surface area is 121 Å². The monoisotopic (exact) mass is 268 g/mol. The molecule has 0 spiro atoms. The molecule has 5 rings (SSSR count). The minimum atomic E-state index is 0.986. The number of rotatable bonds is 0. The topological polar surface area (TPSA) is 13.1 Å². The van der Waals surface area contributed by atoms with Gasteiger partial charge in [-0.1, -0.05) is 60.7 Å². The van der Waals surface area contributed by atoms with Crippen LogP contribution in [0.5, 0.6) is 0 Å². The average molecular weight is 268 g/mol. The third-order valence-corrected chi connectivity index (χ3v) is 4.25. The SMILES string of the molecule is c1ccc2c(c1)ccc1c3ccc4ccccc4c3oc21. The summed E-state index contributed by atoms with van der Waals surface area (Å²) in [6.45, 7) is 0. The summed E-state index contributed by atoms with van der Waals surface area (Å²) in [5.74, 6) is 0. The van der Waals surface area contributed by atoms with Crippen LogP contribution in [0.2, 0.25) is 0 Å². The van der Waals surface area contributed by atoms with E-state index >= 15 is 0 Å². The van der Waals surface area contributed by atoms with E-state index in [0.717, 1.165) is 11.2 Å². The number of furan rings is 1. The molecule has 0 fully saturated rings. The van der Waals surface area contributed by atoms with Crippen molar-refractivity contribution in [2.45, 2.75) is 0 Å². The molecule has 0 bridgehead atoms. The standard InChI is InChI=1S/C20H12O/c1-3-7-15-13(5-1)9-11-17-18-12-10-14-6-2-4-8-16(14)20(18)21-19(15)17/h1-12H. The summed E-state index contributed by atoms with van der Waals surface area (Å²) in [5.41, 5.74) is 1.97. The van der Waals surface area contributed by atoms with Crippen LogP contribution in [-0.2, 0) is 0 Å². The van der Waals surface area contributed by atoms with Crippen LogP contribution in [-0.4, -0.2) is 0 Å². The number of benzene rings is 4. The molecule has 5 aromatic rings. The normalized spacial score (nSPS) is 11.8. The van der Waals surface area contributed by atoms with Crippen LogP contribution in [0.3, 0.4) is 0 Å². The first kappa shape index (κ1) is 10.9. The minimum Gasteiger partial charge on any atom is -0.455 e. The fraction of sp³-hybridized carbons (Fsp3) is 0. The molecule has 0 saturated heterocycles. The Hall–Kier alpha value is -2.80. The Morgan fingerprint density at radius 1 is 0.429 bits per heavy atom. The average Bonchev–Trinajstić information content (AvgIpc) is 2.94. The minimum absolute atomic E-state index is 0.986. The zero-order valence-electron chi connectivity index (χ0n) is 11.3. The van der Waals surface area contributed by atoms with Crippen LogP contribution >= 0.6 is 0 Å². The van der Waals surface area contributed by atoms with E-state index in [4.69, 9.17) is 4.42 Å².